The van der Waals surface area contributed by atoms with Crippen LogP contribution in [0.5, 0.6) is 0 Å². The lowest BCUT2D eigenvalue weighted by molar-refractivity contribution is -0.213. The average Bonchev–Trinajstić information content (AvgIpc) is 3.60. The number of hydrogen-bond donors (Lipinski definition) is 0. The molecule has 11 atom stereocenters. The number of ketones is 1. The maximum Gasteiger partial charge on any atom is 0.312 e. The summed E-state index contributed by atoms with van der Waals surface area (Å²) >= 11 is 0. The van der Waals surface area contributed by atoms with Gasteiger partial charge in [-0.3, -0.25) is 14.5 Å². The smallest absolute Gasteiger partial charge is 0.312 e. The molecule has 1 aliphatic heterocycles. The van der Waals surface area contributed by atoms with Gasteiger partial charge in [0, 0.05) is 31.0 Å². The predicted molar refractivity (Wildman–Crippen MR) is 160 cm³/mol. The number of fused-ring (bicyclic) bond motifs is 8. The zero-order valence-corrected chi connectivity index (χ0v) is 26.9. The first-order valence-electron chi connectivity index (χ1n) is 16.9. The molecule has 1 heterocycles. The zero-order chi connectivity index (χ0) is 29.2. The van der Waals surface area contributed by atoms with Crippen LogP contribution in [0.25, 0.3) is 0 Å². The molecule has 0 aromatic rings. The Labute approximate surface area is 248 Å². The summed E-state index contributed by atoms with van der Waals surface area (Å²) in [5, 5.41) is 0. The second-order valence-electron chi connectivity index (χ2n) is 17.4. The molecular weight excluding hydrogens is 510 g/mol. The molecule has 0 bridgehead atoms. The number of carbonyl (C=O) groups is 2. The van der Waals surface area contributed by atoms with Crippen LogP contribution in [-0.2, 0) is 19.1 Å². The Morgan fingerprint density at radius 1 is 0.951 bits per heavy atom. The van der Waals surface area contributed by atoms with Gasteiger partial charge in [-0.15, -0.1) is 0 Å². The first-order chi connectivity index (χ1) is 19.3. The van der Waals surface area contributed by atoms with Crippen molar-refractivity contribution < 1.29 is 19.1 Å². The minimum absolute atomic E-state index is 0.0633. The van der Waals surface area contributed by atoms with E-state index in [4.69, 9.17) is 9.47 Å². The molecule has 0 amide bonds. The molecule has 5 saturated carbocycles. The first-order valence-corrected chi connectivity index (χ1v) is 16.9. The third-order valence-electron chi connectivity index (χ3n) is 15.5. The van der Waals surface area contributed by atoms with Gasteiger partial charge >= 0.3 is 5.97 Å². The molecule has 41 heavy (non-hydrogen) atoms. The zero-order valence-electron chi connectivity index (χ0n) is 26.9. The van der Waals surface area contributed by atoms with E-state index in [2.05, 4.69) is 58.6 Å². The van der Waals surface area contributed by atoms with Gasteiger partial charge in [0.1, 0.15) is 5.78 Å². The number of ether oxygens (including phenoxy) is 2. The number of hydrogen-bond acceptors (Lipinski definition) is 5. The quantitative estimate of drug-likeness (QED) is 0.287. The molecule has 7 rings (SSSR count). The highest BCUT2D eigenvalue weighted by Crippen LogP contribution is 2.78. The number of rotatable bonds is 3. The molecule has 5 nitrogen and oxygen atoms in total. The van der Waals surface area contributed by atoms with Gasteiger partial charge in [0.25, 0.3) is 0 Å². The maximum atomic E-state index is 14.1. The van der Waals surface area contributed by atoms with Crippen molar-refractivity contribution in [3.05, 3.63) is 12.2 Å². The first kappa shape index (κ1) is 28.6. The number of allylic oxidation sites excluding steroid dienone is 2. The summed E-state index contributed by atoms with van der Waals surface area (Å²) in [6.45, 7) is 19.1. The van der Waals surface area contributed by atoms with Gasteiger partial charge in [-0.25, -0.2) is 0 Å². The number of morpholine rings is 1. The van der Waals surface area contributed by atoms with Crippen LogP contribution >= 0.6 is 0 Å². The standard InChI is InChI=1S/C36H55NO4/c1-31(2)27-10-11-35(6)28(33(27,4)18-23(29(31)38)22-37-14-16-41-17-15-37)9-8-25-26-21-32(3)19-24(32)20-36(26,30(39)40-7)13-12-34(25,35)5/h8-9,23-28H,10-22H2,1-7H3/t23?,24-,25?,26?,27?,28?,32+,33-,34+,35+,36+/m0/s1. The monoisotopic (exact) mass is 565 g/mol. The maximum absolute atomic E-state index is 14.1. The summed E-state index contributed by atoms with van der Waals surface area (Å²) in [4.78, 5) is 30.1. The minimum atomic E-state index is -0.309. The van der Waals surface area contributed by atoms with Gasteiger partial charge in [-0.1, -0.05) is 53.7 Å². The Morgan fingerprint density at radius 3 is 2.39 bits per heavy atom. The van der Waals surface area contributed by atoms with E-state index in [9.17, 15) is 9.59 Å². The number of nitrogens with zero attached hydrogens (tertiary/aromatic N) is 1. The lowest BCUT2D eigenvalue weighted by Gasteiger charge is -2.71. The van der Waals surface area contributed by atoms with E-state index in [0.29, 0.717) is 40.8 Å². The fraction of sp³-hybridized carbons (Fsp3) is 0.889. The number of carbonyl (C=O) groups excluding carboxylic acids is 2. The molecule has 6 aliphatic carbocycles. The largest absolute Gasteiger partial charge is 0.469 e. The predicted octanol–water partition coefficient (Wildman–Crippen LogP) is 6.55. The summed E-state index contributed by atoms with van der Waals surface area (Å²) in [6, 6.07) is 0. The minimum Gasteiger partial charge on any atom is -0.469 e. The van der Waals surface area contributed by atoms with Crippen molar-refractivity contribution in [3.8, 4) is 0 Å². The molecule has 6 fully saturated rings. The molecular formula is C36H55NO4. The highest BCUT2D eigenvalue weighted by atomic mass is 16.5. The summed E-state index contributed by atoms with van der Waals surface area (Å²) in [6.07, 6.45) is 14.1. The molecule has 0 aromatic carbocycles. The van der Waals surface area contributed by atoms with Gasteiger partial charge in [-0.2, -0.15) is 0 Å². The van der Waals surface area contributed by atoms with Crippen LogP contribution < -0.4 is 0 Å². The normalized spacial score (nSPS) is 53.7. The molecule has 5 unspecified atom stereocenters. The fourth-order valence-electron chi connectivity index (χ4n) is 13.0. The topological polar surface area (TPSA) is 55.8 Å². The molecule has 0 spiro atoms. The fourth-order valence-corrected chi connectivity index (χ4v) is 13.0. The summed E-state index contributed by atoms with van der Waals surface area (Å²) in [5.74, 6) is 2.99. The highest BCUT2D eigenvalue weighted by Gasteiger charge is 2.73. The SMILES string of the molecule is COC(=O)[C@@]12CC[C@]3(C)C(C=CC4[C@@]5(C)CC(CN6CCOCC6)C(=O)C(C)(C)C5CC[C@]43C)C1C[C@@]1(C)C[C@H]1C2. The van der Waals surface area contributed by atoms with Crippen LogP contribution in [0.3, 0.4) is 0 Å². The van der Waals surface area contributed by atoms with E-state index in [0.717, 1.165) is 65.0 Å². The Kier molecular flexibility index (Phi) is 6.22. The third-order valence-corrected chi connectivity index (χ3v) is 15.5. The van der Waals surface area contributed by atoms with Crippen LogP contribution in [-0.4, -0.2) is 56.6 Å². The molecule has 0 radical (unpaired) electrons. The Morgan fingerprint density at radius 2 is 1.68 bits per heavy atom. The Hall–Kier alpha value is -1.20. The lowest BCUT2D eigenvalue weighted by Crippen LogP contribution is -2.67. The van der Waals surface area contributed by atoms with E-state index in [1.807, 2.05) is 0 Å². The van der Waals surface area contributed by atoms with Crippen molar-refractivity contribution in [1.82, 2.24) is 4.90 Å². The van der Waals surface area contributed by atoms with Gasteiger partial charge in [0.2, 0.25) is 0 Å². The average molecular weight is 566 g/mol. The van der Waals surface area contributed by atoms with Crippen molar-refractivity contribution in [1.29, 1.82) is 0 Å². The van der Waals surface area contributed by atoms with Gasteiger partial charge in [-0.05, 0) is 103 Å². The number of methoxy groups -OCH3 is 1. The van der Waals surface area contributed by atoms with E-state index in [1.165, 1.54) is 19.3 Å². The molecule has 0 N–H and O–H groups in total. The van der Waals surface area contributed by atoms with Crippen molar-refractivity contribution in [2.75, 3.05) is 40.0 Å². The van der Waals surface area contributed by atoms with Crippen molar-refractivity contribution in [2.24, 2.45) is 68.0 Å². The molecule has 228 valence electrons. The van der Waals surface area contributed by atoms with Crippen LogP contribution in [0.1, 0.15) is 92.9 Å². The van der Waals surface area contributed by atoms with E-state index in [1.54, 1.807) is 7.11 Å². The van der Waals surface area contributed by atoms with Crippen molar-refractivity contribution >= 4 is 11.8 Å². The van der Waals surface area contributed by atoms with Crippen LogP contribution in [0.2, 0.25) is 0 Å². The number of esters is 1. The van der Waals surface area contributed by atoms with Crippen LogP contribution in [0.4, 0.5) is 0 Å². The summed E-state index contributed by atoms with van der Waals surface area (Å²) in [7, 11) is 1.61. The van der Waals surface area contributed by atoms with E-state index in [-0.39, 0.29) is 39.0 Å². The van der Waals surface area contributed by atoms with Gasteiger partial charge in [0.05, 0.1) is 25.7 Å². The molecule has 7 aliphatic rings. The van der Waals surface area contributed by atoms with Crippen molar-refractivity contribution in [2.45, 2.75) is 92.9 Å². The van der Waals surface area contributed by atoms with Gasteiger partial charge in [0.15, 0.2) is 0 Å². The summed E-state index contributed by atoms with van der Waals surface area (Å²) < 4.78 is 11.2. The summed E-state index contributed by atoms with van der Waals surface area (Å²) in [5.41, 5.74) is 0.186. The molecule has 0 aromatic heterocycles. The lowest BCUT2D eigenvalue weighted by atomic mass is 9.32. The molecule has 5 heteroatoms. The van der Waals surface area contributed by atoms with Crippen LogP contribution in [0.15, 0.2) is 12.2 Å². The Balaban J connectivity index is 1.26. The third kappa shape index (κ3) is 3.66. The second-order valence-corrected chi connectivity index (χ2v) is 17.4. The number of Topliss-reactive ketones (excluding diaryl/α,β-unsaturated/α-hetero) is 1. The molecule has 1 saturated heterocycles. The van der Waals surface area contributed by atoms with Gasteiger partial charge < -0.3 is 9.47 Å². The Bertz CT molecular complexity index is 1160. The highest BCUT2D eigenvalue weighted by molar-refractivity contribution is 5.88. The van der Waals surface area contributed by atoms with Crippen LogP contribution in [0, 0.1) is 68.0 Å². The van der Waals surface area contributed by atoms with Crippen molar-refractivity contribution in [3.63, 3.8) is 0 Å². The van der Waals surface area contributed by atoms with E-state index < -0.39 is 0 Å². The van der Waals surface area contributed by atoms with E-state index >= 15 is 0 Å². The second kappa shape index (κ2) is 8.93.